The monoisotopic (exact) mass is 694 g/mol. The fourth-order valence-electron chi connectivity index (χ4n) is 1.99. The molecule has 0 fully saturated rings. The van der Waals surface area contributed by atoms with Crippen LogP contribution >= 0.6 is 0 Å². The van der Waals surface area contributed by atoms with Gasteiger partial charge in [-0.15, -0.1) is 0 Å². The van der Waals surface area contributed by atoms with E-state index in [9.17, 15) is 19.2 Å². The van der Waals surface area contributed by atoms with Gasteiger partial charge in [-0.1, -0.05) is 26.8 Å². The van der Waals surface area contributed by atoms with Crippen molar-refractivity contribution in [3.63, 3.8) is 0 Å². The van der Waals surface area contributed by atoms with Crippen molar-refractivity contribution in [2.75, 3.05) is 25.0 Å². The van der Waals surface area contributed by atoms with E-state index in [1.807, 2.05) is 0 Å². The van der Waals surface area contributed by atoms with Gasteiger partial charge in [0.25, 0.3) is 0 Å². The number of hydrogen-bond acceptors (Lipinski definition) is 6. The van der Waals surface area contributed by atoms with E-state index in [1.165, 1.54) is 18.7 Å². The minimum absolute atomic E-state index is 0. The Balaban J connectivity index is 0. The average molecular weight is 695 g/mol. The van der Waals surface area contributed by atoms with Gasteiger partial charge in [0.15, 0.2) is 0 Å². The third-order valence-corrected chi connectivity index (χ3v) is 3.07. The molecule has 1 rings (SSSR count). The van der Waals surface area contributed by atoms with Gasteiger partial charge >= 0.3 is 12.1 Å². The zero-order valence-electron chi connectivity index (χ0n) is 19.3. The summed E-state index contributed by atoms with van der Waals surface area (Å²) in [6.07, 6.45) is 2.15. The van der Waals surface area contributed by atoms with Gasteiger partial charge in [-0.25, -0.2) is 9.78 Å². The standard InChI is InChI=1S/C17H23N4O6.C4H10.Fm/c1-17(2,3)27-16(26)20-13-5-4-12(9-19-13)8-14(23)21(10-15(24)25)7-6-18-11-22;1-4(2)3;/h4-5,9H,6-8,10H2,1-3H3,(H,18,22)(H,24,25)(H,19,20,26);4H,1-3H3;/q-1;;. The fourth-order valence-corrected chi connectivity index (χ4v) is 1.99. The molecule has 0 bridgehead atoms. The van der Waals surface area contributed by atoms with Crippen molar-refractivity contribution in [2.45, 2.75) is 53.6 Å². The van der Waals surface area contributed by atoms with Gasteiger partial charge in [0.2, 0.25) is 5.91 Å². The maximum atomic E-state index is 12.3. The van der Waals surface area contributed by atoms with E-state index in [2.05, 4.69) is 36.4 Å². The Hall–Kier alpha value is -4.17. The van der Waals surface area contributed by atoms with Gasteiger partial charge in [-0.05, 0) is 38.3 Å². The molecule has 32 heavy (non-hydrogen) atoms. The second-order valence-electron chi connectivity index (χ2n) is 8.33. The van der Waals surface area contributed by atoms with Gasteiger partial charge in [0.1, 0.15) is 18.0 Å². The Labute approximate surface area is 183 Å². The number of aromatic nitrogens is 1. The predicted octanol–water partition coefficient (Wildman–Crippen LogP) is 2.20. The van der Waals surface area contributed by atoms with Gasteiger partial charge in [0, 0.05) is 19.3 Å². The molecule has 10 nitrogen and oxygen atoms in total. The van der Waals surface area contributed by atoms with Crippen LogP contribution in [0.2, 0.25) is 0 Å². The Bertz CT molecular complexity index is 717. The second-order valence-corrected chi connectivity index (χ2v) is 8.33. The van der Waals surface area contributed by atoms with Gasteiger partial charge < -0.3 is 24.9 Å². The number of aliphatic carboxylic acids is 1. The van der Waals surface area contributed by atoms with E-state index in [0.717, 1.165) is 10.8 Å². The summed E-state index contributed by atoms with van der Waals surface area (Å²) in [5, 5.41) is 13.6. The smallest absolute Gasteiger partial charge is 0.413 e. The first-order chi connectivity index (χ1) is 14.3. The molecule has 3 N–H and O–H groups in total. The van der Waals surface area contributed by atoms with Crippen LogP contribution in [0.1, 0.15) is 47.1 Å². The van der Waals surface area contributed by atoms with E-state index in [1.54, 1.807) is 26.8 Å². The van der Waals surface area contributed by atoms with Crippen molar-refractivity contribution in [1.82, 2.24) is 15.2 Å². The maximum absolute atomic E-state index is 12.3. The summed E-state index contributed by atoms with van der Waals surface area (Å²) < 4.78 is 5.11. The van der Waals surface area contributed by atoms with Crippen LogP contribution in [0.5, 0.6) is 0 Å². The van der Waals surface area contributed by atoms with Crippen LogP contribution in [0.3, 0.4) is 0 Å². The molecule has 1 aromatic rings. The maximum Gasteiger partial charge on any atom is 0.413 e. The van der Waals surface area contributed by atoms with Gasteiger partial charge in [-0.2, -0.15) is 6.41 Å². The fraction of sp³-hybridized carbons (Fsp3) is 0.571. The van der Waals surface area contributed by atoms with Crippen LogP contribution in [0.4, 0.5) is 10.6 Å². The number of anilines is 1. The Morgan fingerprint density at radius 3 is 2.25 bits per heavy atom. The molecule has 0 aromatic carbocycles. The van der Waals surface area contributed by atoms with Gasteiger partial charge in [0.05, 0.1) is 6.42 Å². The molecular weight excluding hydrogens is 661 g/mol. The SMILES string of the molecule is CC(C)(C)OC(=O)Nc1ccc(CC(=O)N(CCN[C-]=O)CC(=O)O)cn1.CC(C)C.[Fm]. The van der Waals surface area contributed by atoms with Crippen LogP contribution < -0.4 is 10.6 Å². The summed E-state index contributed by atoms with van der Waals surface area (Å²) in [5.41, 5.74) is -0.0967. The molecule has 0 saturated carbocycles. The largest absolute Gasteiger partial charge is 0.528 e. The van der Waals surface area contributed by atoms with Crippen LogP contribution in [0.25, 0.3) is 0 Å². The summed E-state index contributed by atoms with van der Waals surface area (Å²) in [4.78, 5) is 50.2. The molecule has 3 amide bonds. The molecular formula is C21H33FmN4O6-. The number of nitrogens with one attached hydrogen (secondary N) is 2. The molecule has 0 atom stereocenters. The van der Waals surface area contributed by atoms with Crippen LogP contribution in [0.15, 0.2) is 18.3 Å². The number of carbonyl (C=O) groups excluding carboxylic acids is 3. The zero-order chi connectivity index (χ0) is 24.0. The van der Waals surface area contributed by atoms with Crippen molar-refractivity contribution in [3.8, 4) is 0 Å². The summed E-state index contributed by atoms with van der Waals surface area (Å²) in [6.45, 7) is 11.4. The van der Waals surface area contributed by atoms with E-state index >= 15 is 0 Å². The van der Waals surface area contributed by atoms with E-state index < -0.39 is 30.1 Å². The summed E-state index contributed by atoms with van der Waals surface area (Å²) in [6, 6.07) is 3.10. The molecule has 0 spiro atoms. The van der Waals surface area contributed by atoms with E-state index in [4.69, 9.17) is 9.84 Å². The summed E-state index contributed by atoms with van der Waals surface area (Å²) in [5.74, 6) is -0.498. The van der Waals surface area contributed by atoms with Gasteiger partial charge in [-0.3, -0.25) is 14.9 Å². The van der Waals surface area contributed by atoms with Crippen LogP contribution in [0, 0.1) is 5.92 Å². The minimum Gasteiger partial charge on any atom is -0.528 e. The molecule has 0 aliphatic rings. The number of hydrogen-bond donors (Lipinski definition) is 3. The number of pyridine rings is 1. The topological polar surface area (TPSA) is 138 Å². The normalized spacial score (nSPS) is 10.1. The van der Waals surface area contributed by atoms with E-state index in [0.29, 0.717) is 5.56 Å². The van der Waals surface area contributed by atoms with Crippen molar-refractivity contribution in [1.29, 1.82) is 0 Å². The third kappa shape index (κ3) is 15.7. The Morgan fingerprint density at radius 2 is 1.81 bits per heavy atom. The molecule has 0 radical (unpaired) electrons. The van der Waals surface area contributed by atoms with Crippen LogP contribution in [-0.2, 0) is 25.5 Å². The van der Waals surface area contributed by atoms with E-state index in [-0.39, 0.29) is 25.3 Å². The zero-order valence-corrected chi connectivity index (χ0v) is 21.7. The Morgan fingerprint density at radius 1 is 1.22 bits per heavy atom. The summed E-state index contributed by atoms with van der Waals surface area (Å²) >= 11 is 0. The number of nitrogens with zero attached hydrogens (tertiary/aromatic N) is 2. The van der Waals surface area contributed by atoms with Crippen molar-refractivity contribution < 1.29 is 29.0 Å². The molecule has 1 aromatic heterocycles. The number of carbonyl (C=O) groups is 3. The molecule has 0 aliphatic carbocycles. The van der Waals surface area contributed by atoms with Crippen molar-refractivity contribution in [2.24, 2.45) is 5.92 Å². The minimum atomic E-state index is -1.16. The summed E-state index contributed by atoms with van der Waals surface area (Å²) in [7, 11) is 0. The molecule has 1 heterocycles. The van der Waals surface area contributed by atoms with Crippen molar-refractivity contribution in [3.05, 3.63) is 23.9 Å². The number of rotatable bonds is 9. The predicted molar refractivity (Wildman–Crippen MR) is 116 cm³/mol. The first kappa shape index (κ1) is 30.0. The van der Waals surface area contributed by atoms with Crippen molar-refractivity contribution >= 4 is 30.2 Å². The number of carboxylic acid groups (broad SMARTS) is 1. The second kappa shape index (κ2) is 14.8. The number of ether oxygens (including phenoxy) is 1. The molecule has 11 heteroatoms. The molecule has 0 saturated heterocycles. The number of amides is 3. The molecule has 0 unspecified atom stereocenters. The average Bonchev–Trinajstić information content (AvgIpc) is 2.60. The van der Waals surface area contributed by atoms with Crippen LogP contribution in [-0.4, -0.2) is 64.6 Å². The molecule has 186 valence electrons. The quantitative estimate of drug-likeness (QED) is 0.205. The number of carboxylic acids is 1. The first-order valence-corrected chi connectivity index (χ1v) is 9.88. The Kier molecular flexibility index (Phi) is 13.8. The third-order valence-electron chi connectivity index (χ3n) is 3.07. The first-order valence-electron chi connectivity index (χ1n) is 9.88. The molecule has 0 aliphatic heterocycles.